The molecule has 2 heterocycles. The highest BCUT2D eigenvalue weighted by Gasteiger charge is 2.14. The van der Waals surface area contributed by atoms with Crippen LogP contribution in [-0.4, -0.2) is 35.4 Å². The number of benzene rings is 2. The zero-order valence-corrected chi connectivity index (χ0v) is 16.2. The Morgan fingerprint density at radius 1 is 1.07 bits per heavy atom. The average Bonchev–Trinajstić information content (AvgIpc) is 3.20. The van der Waals surface area contributed by atoms with Crippen molar-refractivity contribution in [3.63, 3.8) is 0 Å². The third-order valence-corrected chi connectivity index (χ3v) is 5.60. The number of anilines is 1. The van der Waals surface area contributed by atoms with Crippen molar-refractivity contribution in [3.8, 4) is 11.3 Å². The molecule has 0 saturated carbocycles. The molecule has 1 N–H and O–H groups in total. The van der Waals surface area contributed by atoms with Crippen LogP contribution in [0.2, 0.25) is 0 Å². The van der Waals surface area contributed by atoms with Crippen molar-refractivity contribution < 1.29 is 13.6 Å². The van der Waals surface area contributed by atoms with Gasteiger partial charge < -0.3 is 9.73 Å². The van der Waals surface area contributed by atoms with Crippen molar-refractivity contribution in [2.45, 2.75) is 6.54 Å². The van der Waals surface area contributed by atoms with Gasteiger partial charge in [0.25, 0.3) is 5.91 Å². The number of furan rings is 1. The van der Waals surface area contributed by atoms with Crippen molar-refractivity contribution in [1.82, 2.24) is 4.90 Å². The molecule has 28 heavy (non-hydrogen) atoms. The lowest BCUT2D eigenvalue weighted by atomic mass is 10.2. The van der Waals surface area contributed by atoms with Crippen molar-refractivity contribution in [2.75, 3.05) is 29.9 Å². The maximum absolute atomic E-state index is 13.1. The number of nitrogens with one attached hydrogen (secondary N) is 1. The van der Waals surface area contributed by atoms with Crippen molar-refractivity contribution in [2.24, 2.45) is 0 Å². The molecule has 1 aliphatic rings. The molecule has 1 amide bonds. The van der Waals surface area contributed by atoms with Crippen LogP contribution in [0.3, 0.4) is 0 Å². The fraction of sp³-hybridized carbons (Fsp3) is 0.227. The van der Waals surface area contributed by atoms with E-state index in [9.17, 15) is 9.18 Å². The molecule has 2 aromatic carbocycles. The summed E-state index contributed by atoms with van der Waals surface area (Å²) in [6, 6.07) is 17.2. The molecule has 144 valence electrons. The fourth-order valence-corrected chi connectivity index (χ4v) is 4.17. The molecule has 1 aromatic heterocycles. The van der Waals surface area contributed by atoms with Crippen molar-refractivity contribution in [3.05, 3.63) is 77.8 Å². The van der Waals surface area contributed by atoms with Crippen LogP contribution in [0, 0.1) is 5.82 Å². The number of carbonyl (C=O) groups excluding carboxylic acids is 1. The molecule has 0 unspecified atom stereocenters. The van der Waals surface area contributed by atoms with E-state index < -0.39 is 0 Å². The summed E-state index contributed by atoms with van der Waals surface area (Å²) in [4.78, 5) is 15.0. The monoisotopic (exact) mass is 396 g/mol. The molecule has 0 aliphatic carbocycles. The Kier molecular flexibility index (Phi) is 5.78. The van der Waals surface area contributed by atoms with E-state index in [1.54, 1.807) is 24.3 Å². The summed E-state index contributed by atoms with van der Waals surface area (Å²) in [5.74, 6) is 2.48. The van der Waals surface area contributed by atoms with E-state index in [1.807, 2.05) is 30.0 Å². The van der Waals surface area contributed by atoms with E-state index in [2.05, 4.69) is 16.3 Å². The first-order chi connectivity index (χ1) is 13.7. The van der Waals surface area contributed by atoms with Crippen LogP contribution in [0.4, 0.5) is 10.1 Å². The van der Waals surface area contributed by atoms with Crippen molar-refractivity contribution >= 4 is 23.4 Å². The van der Waals surface area contributed by atoms with Crippen LogP contribution in [0.1, 0.15) is 16.1 Å². The third-order valence-electron chi connectivity index (χ3n) is 4.65. The molecule has 0 spiro atoms. The number of halogens is 1. The van der Waals surface area contributed by atoms with E-state index >= 15 is 0 Å². The summed E-state index contributed by atoms with van der Waals surface area (Å²) < 4.78 is 18.7. The Hall–Kier alpha value is -2.57. The Morgan fingerprint density at radius 2 is 1.86 bits per heavy atom. The molecule has 6 heteroatoms. The molecule has 1 fully saturated rings. The molecule has 0 atom stereocenters. The molecule has 0 radical (unpaired) electrons. The van der Waals surface area contributed by atoms with Gasteiger partial charge in [-0.1, -0.05) is 12.1 Å². The van der Waals surface area contributed by atoms with Crippen LogP contribution < -0.4 is 5.32 Å². The van der Waals surface area contributed by atoms with Crippen LogP contribution in [-0.2, 0) is 6.54 Å². The Labute approximate surface area is 167 Å². The van der Waals surface area contributed by atoms with E-state index in [-0.39, 0.29) is 17.5 Å². The van der Waals surface area contributed by atoms with E-state index in [0.29, 0.717) is 5.76 Å². The quantitative estimate of drug-likeness (QED) is 0.667. The normalized spacial score (nSPS) is 14.8. The zero-order valence-electron chi connectivity index (χ0n) is 15.4. The summed E-state index contributed by atoms with van der Waals surface area (Å²) in [5, 5.41) is 2.89. The summed E-state index contributed by atoms with van der Waals surface area (Å²) in [5.41, 5.74) is 2.65. The molecular formula is C22H21FN2O2S. The number of amides is 1. The van der Waals surface area contributed by atoms with Crippen LogP contribution >= 0.6 is 11.8 Å². The molecule has 4 rings (SSSR count). The number of thioether (sulfide) groups is 1. The van der Waals surface area contributed by atoms with Crippen LogP contribution in [0.5, 0.6) is 0 Å². The summed E-state index contributed by atoms with van der Waals surface area (Å²) in [7, 11) is 0. The number of carbonyl (C=O) groups is 1. The molecule has 4 nitrogen and oxygen atoms in total. The Balaban J connectivity index is 1.42. The number of hydrogen-bond donors (Lipinski definition) is 1. The lowest BCUT2D eigenvalue weighted by Gasteiger charge is -2.26. The highest BCUT2D eigenvalue weighted by molar-refractivity contribution is 7.99. The van der Waals surface area contributed by atoms with Crippen LogP contribution in [0.25, 0.3) is 11.3 Å². The highest BCUT2D eigenvalue weighted by atomic mass is 32.2. The van der Waals surface area contributed by atoms with Gasteiger partial charge in [0.15, 0.2) is 5.76 Å². The minimum Gasteiger partial charge on any atom is -0.451 e. The van der Waals surface area contributed by atoms with Gasteiger partial charge in [-0.05, 0) is 54.1 Å². The minimum absolute atomic E-state index is 0.220. The Morgan fingerprint density at radius 3 is 2.64 bits per heavy atom. The van der Waals surface area contributed by atoms with Gasteiger partial charge >= 0.3 is 0 Å². The highest BCUT2D eigenvalue weighted by Crippen LogP contribution is 2.23. The first kappa shape index (κ1) is 18.8. The number of nitrogens with zero attached hydrogens (tertiary/aromatic N) is 1. The van der Waals surface area contributed by atoms with E-state index in [1.165, 1.54) is 29.2 Å². The smallest absolute Gasteiger partial charge is 0.291 e. The lowest BCUT2D eigenvalue weighted by molar-refractivity contribution is 0.0997. The maximum Gasteiger partial charge on any atom is 0.291 e. The second kappa shape index (κ2) is 8.63. The summed E-state index contributed by atoms with van der Waals surface area (Å²) in [6.45, 7) is 3.08. The fourth-order valence-electron chi connectivity index (χ4n) is 3.19. The van der Waals surface area contributed by atoms with Crippen molar-refractivity contribution in [1.29, 1.82) is 0 Å². The second-order valence-electron chi connectivity index (χ2n) is 6.71. The molecule has 1 saturated heterocycles. The van der Waals surface area contributed by atoms with Gasteiger partial charge in [-0.3, -0.25) is 9.69 Å². The maximum atomic E-state index is 13.1. The van der Waals surface area contributed by atoms with Gasteiger partial charge in [0.1, 0.15) is 11.6 Å². The van der Waals surface area contributed by atoms with E-state index in [4.69, 9.17) is 4.42 Å². The number of rotatable bonds is 5. The largest absolute Gasteiger partial charge is 0.451 e. The third kappa shape index (κ3) is 4.64. The average molecular weight is 396 g/mol. The lowest BCUT2D eigenvalue weighted by Crippen LogP contribution is -2.31. The molecule has 3 aromatic rings. The second-order valence-corrected chi connectivity index (χ2v) is 7.94. The summed E-state index contributed by atoms with van der Waals surface area (Å²) in [6.07, 6.45) is 0. The minimum atomic E-state index is -0.309. The van der Waals surface area contributed by atoms with Crippen LogP contribution in [0.15, 0.2) is 65.1 Å². The van der Waals surface area contributed by atoms with Gasteiger partial charge in [0.05, 0.1) is 0 Å². The molecular weight excluding hydrogens is 375 g/mol. The molecule has 1 aliphatic heterocycles. The van der Waals surface area contributed by atoms with Gasteiger partial charge in [0, 0.05) is 42.4 Å². The number of hydrogen-bond acceptors (Lipinski definition) is 4. The van der Waals surface area contributed by atoms with Gasteiger partial charge in [-0.2, -0.15) is 11.8 Å². The predicted molar refractivity (Wildman–Crippen MR) is 111 cm³/mol. The first-order valence-corrected chi connectivity index (χ1v) is 10.4. The Bertz CT molecular complexity index is 949. The molecule has 0 bridgehead atoms. The predicted octanol–water partition coefficient (Wildman–Crippen LogP) is 4.89. The topological polar surface area (TPSA) is 45.5 Å². The van der Waals surface area contributed by atoms with Gasteiger partial charge in [0.2, 0.25) is 0 Å². The zero-order chi connectivity index (χ0) is 19.3. The standard InChI is InChI=1S/C22H21FN2O2S/c23-18-6-4-17(5-7-18)20-8-9-21(27-20)22(26)24-19-3-1-2-16(14-19)15-25-10-12-28-13-11-25/h1-9,14H,10-13,15H2,(H,24,26). The van der Waals surface area contributed by atoms with Gasteiger partial charge in [-0.25, -0.2) is 4.39 Å². The van der Waals surface area contributed by atoms with E-state index in [0.717, 1.165) is 30.9 Å². The summed E-state index contributed by atoms with van der Waals surface area (Å²) >= 11 is 1.99. The SMILES string of the molecule is O=C(Nc1cccc(CN2CCSCC2)c1)c1ccc(-c2ccc(F)cc2)o1. The first-order valence-electron chi connectivity index (χ1n) is 9.23. The van der Waals surface area contributed by atoms with Gasteiger partial charge in [-0.15, -0.1) is 0 Å².